The molecule has 0 atom stereocenters. The fourth-order valence-corrected chi connectivity index (χ4v) is 4.80. The number of benzene rings is 5. The van der Waals surface area contributed by atoms with Gasteiger partial charge >= 0.3 is 0 Å². The summed E-state index contributed by atoms with van der Waals surface area (Å²) in [6.07, 6.45) is 0. The Morgan fingerprint density at radius 2 is 0.938 bits per heavy atom. The van der Waals surface area contributed by atoms with Crippen molar-refractivity contribution in [2.45, 2.75) is 12.3 Å². The number of phenolic OH excluding ortho intramolecular Hbond substituents is 4. The number of fused-ring (bicyclic) bond motifs is 2. The predicted octanol–water partition coefficient (Wildman–Crippen LogP) is 6.17. The summed E-state index contributed by atoms with van der Waals surface area (Å²) in [5.41, 5.74) is 1.64. The number of rotatable bonds is 3. The van der Waals surface area contributed by atoms with E-state index in [2.05, 4.69) is 0 Å². The number of hydrogen-bond acceptors (Lipinski definition) is 4. The van der Waals surface area contributed by atoms with Gasteiger partial charge in [0.05, 0.1) is 0 Å². The van der Waals surface area contributed by atoms with Crippen LogP contribution in [0.15, 0.2) is 91.0 Å². The molecular formula is C28H22O4. The Kier molecular flexibility index (Phi) is 4.45. The van der Waals surface area contributed by atoms with Crippen molar-refractivity contribution in [3.63, 3.8) is 0 Å². The van der Waals surface area contributed by atoms with Gasteiger partial charge in [-0.1, -0.05) is 66.7 Å². The third kappa shape index (κ3) is 2.77. The molecule has 5 rings (SSSR count). The van der Waals surface area contributed by atoms with Crippen LogP contribution in [0.2, 0.25) is 0 Å². The number of phenols is 4. The van der Waals surface area contributed by atoms with Gasteiger partial charge in [0.1, 0.15) is 23.0 Å². The first kappa shape index (κ1) is 19.8. The van der Waals surface area contributed by atoms with Gasteiger partial charge in [0.2, 0.25) is 0 Å². The summed E-state index contributed by atoms with van der Waals surface area (Å²) < 4.78 is 0. The Balaban J connectivity index is 1.99. The molecule has 0 aromatic heterocycles. The molecule has 0 saturated carbocycles. The van der Waals surface area contributed by atoms with Gasteiger partial charge in [-0.25, -0.2) is 0 Å². The van der Waals surface area contributed by atoms with E-state index in [1.165, 1.54) is 0 Å². The van der Waals surface area contributed by atoms with Crippen molar-refractivity contribution < 1.29 is 20.4 Å². The Morgan fingerprint density at radius 1 is 0.469 bits per heavy atom. The summed E-state index contributed by atoms with van der Waals surface area (Å²) in [7, 11) is 0. The van der Waals surface area contributed by atoms with Gasteiger partial charge in [0.15, 0.2) is 0 Å². The minimum Gasteiger partial charge on any atom is -0.507 e. The van der Waals surface area contributed by atoms with Gasteiger partial charge in [-0.05, 0) is 47.9 Å². The van der Waals surface area contributed by atoms with E-state index < -0.39 is 5.41 Å². The minimum absolute atomic E-state index is 0.0582. The molecule has 4 nitrogen and oxygen atoms in total. The second kappa shape index (κ2) is 7.20. The van der Waals surface area contributed by atoms with Crippen LogP contribution in [0.4, 0.5) is 0 Å². The maximum Gasteiger partial charge on any atom is 0.123 e. The highest BCUT2D eigenvalue weighted by Gasteiger charge is 2.36. The summed E-state index contributed by atoms with van der Waals surface area (Å²) in [6.45, 7) is 2.03. The molecule has 0 aliphatic rings. The largest absolute Gasteiger partial charge is 0.507 e. The number of aromatic hydroxyl groups is 4. The zero-order valence-electron chi connectivity index (χ0n) is 17.4. The lowest BCUT2D eigenvalue weighted by molar-refractivity contribution is 0.472. The second-order valence-corrected chi connectivity index (χ2v) is 8.15. The molecule has 5 aromatic rings. The number of hydrogen-bond donors (Lipinski definition) is 4. The fourth-order valence-electron chi connectivity index (χ4n) is 4.80. The third-order valence-electron chi connectivity index (χ3n) is 6.42. The van der Waals surface area contributed by atoms with Gasteiger partial charge in [0, 0.05) is 27.0 Å². The van der Waals surface area contributed by atoms with Crippen molar-refractivity contribution in [3.8, 4) is 23.0 Å². The van der Waals surface area contributed by atoms with E-state index in [4.69, 9.17) is 0 Å². The molecule has 0 aliphatic heterocycles. The van der Waals surface area contributed by atoms with E-state index in [1.54, 1.807) is 48.5 Å². The van der Waals surface area contributed by atoms with Gasteiger partial charge < -0.3 is 20.4 Å². The zero-order valence-corrected chi connectivity index (χ0v) is 17.4. The van der Waals surface area contributed by atoms with Gasteiger partial charge in [-0.3, -0.25) is 0 Å². The van der Waals surface area contributed by atoms with E-state index in [-0.39, 0.29) is 23.0 Å². The molecule has 0 fully saturated rings. The molecule has 32 heavy (non-hydrogen) atoms. The van der Waals surface area contributed by atoms with Crippen molar-refractivity contribution in [2.24, 2.45) is 0 Å². The van der Waals surface area contributed by atoms with Crippen LogP contribution in [-0.4, -0.2) is 20.4 Å². The molecule has 5 aromatic carbocycles. The molecule has 0 amide bonds. The Bertz CT molecular complexity index is 1380. The normalized spacial score (nSPS) is 11.8. The van der Waals surface area contributed by atoms with Crippen molar-refractivity contribution in [1.82, 2.24) is 0 Å². The van der Waals surface area contributed by atoms with Crippen molar-refractivity contribution in [2.75, 3.05) is 0 Å². The maximum atomic E-state index is 10.8. The molecule has 4 N–H and O–H groups in total. The Hall–Kier alpha value is -4.18. The van der Waals surface area contributed by atoms with Crippen LogP contribution in [-0.2, 0) is 5.41 Å². The van der Waals surface area contributed by atoms with Crippen molar-refractivity contribution in [1.29, 1.82) is 0 Å². The highest BCUT2D eigenvalue weighted by molar-refractivity contribution is 6.00. The van der Waals surface area contributed by atoms with Gasteiger partial charge in [-0.2, -0.15) is 0 Å². The molecule has 158 valence electrons. The van der Waals surface area contributed by atoms with Crippen LogP contribution < -0.4 is 0 Å². The first-order chi connectivity index (χ1) is 15.4. The first-order valence-electron chi connectivity index (χ1n) is 10.4. The predicted molar refractivity (Wildman–Crippen MR) is 127 cm³/mol. The Labute approximate surface area is 185 Å². The lowest BCUT2D eigenvalue weighted by Gasteiger charge is -2.34. The monoisotopic (exact) mass is 422 g/mol. The molecule has 0 radical (unpaired) electrons. The zero-order chi connectivity index (χ0) is 22.5. The molecule has 0 spiro atoms. The summed E-state index contributed by atoms with van der Waals surface area (Å²) in [4.78, 5) is 0. The second-order valence-electron chi connectivity index (χ2n) is 8.15. The van der Waals surface area contributed by atoms with Crippen molar-refractivity contribution >= 4 is 21.5 Å². The maximum absolute atomic E-state index is 10.8. The van der Waals surface area contributed by atoms with Crippen LogP contribution in [0.1, 0.15) is 23.6 Å². The van der Waals surface area contributed by atoms with Crippen LogP contribution in [0.3, 0.4) is 0 Å². The van der Waals surface area contributed by atoms with Gasteiger partial charge in [0.25, 0.3) is 0 Å². The molecule has 0 heterocycles. The van der Waals surface area contributed by atoms with E-state index in [9.17, 15) is 20.4 Å². The summed E-state index contributed by atoms with van der Waals surface area (Å²) in [5, 5.41) is 44.8. The van der Waals surface area contributed by atoms with Crippen LogP contribution in [0.25, 0.3) is 21.5 Å². The molecule has 0 aliphatic carbocycles. The molecule has 0 bridgehead atoms. The molecule has 0 unspecified atom stereocenters. The van der Waals surface area contributed by atoms with Gasteiger partial charge in [-0.15, -0.1) is 0 Å². The highest BCUT2D eigenvalue weighted by Crippen LogP contribution is 2.49. The minimum atomic E-state index is -0.836. The summed E-state index contributed by atoms with van der Waals surface area (Å²) in [6, 6.07) is 26.8. The molecule has 0 saturated heterocycles. The SMILES string of the molecule is CC(c1ccccc1)(c1ccc(O)c2cccc(O)c12)c1ccc(O)c2cccc(O)c12. The van der Waals surface area contributed by atoms with Crippen LogP contribution in [0.5, 0.6) is 23.0 Å². The Morgan fingerprint density at radius 3 is 1.41 bits per heavy atom. The standard InChI is InChI=1S/C28H22O4/c1-28(17-7-3-2-4-8-17,20-13-15-22(29)18-9-5-11-24(31)26(18)20)21-14-16-23(30)19-10-6-12-25(32)27(19)21/h2-16,29-32H,1H3. The van der Waals surface area contributed by atoms with E-state index in [1.807, 2.05) is 49.4 Å². The first-order valence-corrected chi connectivity index (χ1v) is 10.4. The topological polar surface area (TPSA) is 80.9 Å². The van der Waals surface area contributed by atoms with E-state index in [0.717, 1.165) is 16.7 Å². The summed E-state index contributed by atoms with van der Waals surface area (Å²) >= 11 is 0. The average Bonchev–Trinajstić information content (AvgIpc) is 2.81. The van der Waals surface area contributed by atoms with Crippen LogP contribution >= 0.6 is 0 Å². The summed E-state index contributed by atoms with van der Waals surface area (Å²) in [5.74, 6) is 0.271. The third-order valence-corrected chi connectivity index (χ3v) is 6.42. The lowest BCUT2D eigenvalue weighted by atomic mass is 9.68. The van der Waals surface area contributed by atoms with E-state index in [0.29, 0.717) is 21.5 Å². The van der Waals surface area contributed by atoms with Crippen LogP contribution in [0, 0.1) is 0 Å². The highest BCUT2D eigenvalue weighted by atomic mass is 16.3. The average molecular weight is 422 g/mol. The van der Waals surface area contributed by atoms with E-state index >= 15 is 0 Å². The van der Waals surface area contributed by atoms with Crippen molar-refractivity contribution in [3.05, 3.63) is 108 Å². The fraction of sp³-hybridized carbons (Fsp3) is 0.0714. The quantitative estimate of drug-likeness (QED) is 0.262. The smallest absolute Gasteiger partial charge is 0.123 e. The molecule has 4 heteroatoms. The molecular weight excluding hydrogens is 400 g/mol. The lowest BCUT2D eigenvalue weighted by Crippen LogP contribution is -2.26.